The lowest BCUT2D eigenvalue weighted by atomic mass is 10.1. The highest BCUT2D eigenvalue weighted by Gasteiger charge is 2.13. The second-order valence-corrected chi connectivity index (χ2v) is 4.66. The Kier molecular flexibility index (Phi) is 4.64. The fourth-order valence-electron chi connectivity index (χ4n) is 1.86. The molecule has 3 N–H and O–H groups in total. The average molecular weight is 309 g/mol. The summed E-state index contributed by atoms with van der Waals surface area (Å²) in [6.07, 6.45) is 1.58. The number of pyridine rings is 1. The zero-order valence-electron chi connectivity index (χ0n) is 11.1. The molecule has 1 aromatic heterocycles. The van der Waals surface area contributed by atoms with E-state index in [1.165, 1.54) is 6.07 Å². The van der Waals surface area contributed by atoms with Crippen LogP contribution in [0.2, 0.25) is 0 Å². The number of aromatic nitrogens is 1. The van der Waals surface area contributed by atoms with Gasteiger partial charge in [0.1, 0.15) is 16.6 Å². The van der Waals surface area contributed by atoms with Crippen LogP contribution >= 0.6 is 12.2 Å². The minimum absolute atomic E-state index is 0.0182. The Hall–Kier alpha value is -2.28. The van der Waals surface area contributed by atoms with Crippen LogP contribution in [0.1, 0.15) is 11.1 Å². The Morgan fingerprint density at radius 3 is 2.71 bits per heavy atom. The summed E-state index contributed by atoms with van der Waals surface area (Å²) in [5.74, 6) is 0.414. The Labute approximate surface area is 125 Å². The maximum absolute atomic E-state index is 12.4. The van der Waals surface area contributed by atoms with Gasteiger partial charge in [-0.25, -0.2) is 4.98 Å². The topological polar surface area (TPSA) is 60.2 Å². The molecule has 0 amide bonds. The van der Waals surface area contributed by atoms with E-state index < -0.39 is 6.61 Å². The highest BCUT2D eigenvalue weighted by atomic mass is 32.1. The van der Waals surface area contributed by atoms with Crippen molar-refractivity contribution < 1.29 is 13.5 Å². The van der Waals surface area contributed by atoms with Gasteiger partial charge in [0.15, 0.2) is 0 Å². The van der Waals surface area contributed by atoms with E-state index in [0.717, 1.165) is 5.56 Å². The molecule has 1 heterocycles. The van der Waals surface area contributed by atoms with Crippen molar-refractivity contribution >= 4 is 28.7 Å². The zero-order valence-corrected chi connectivity index (χ0v) is 12.0. The predicted octanol–water partition coefficient (Wildman–Crippen LogP) is 3.37. The molecule has 4 nitrogen and oxygen atoms in total. The van der Waals surface area contributed by atoms with Gasteiger partial charge in [-0.15, -0.1) is 0 Å². The molecule has 0 bridgehead atoms. The van der Waals surface area contributed by atoms with E-state index >= 15 is 0 Å². The molecule has 110 valence electrons. The number of alkyl halides is 2. The number of nitrogens with two attached hydrogens (primary N) is 1. The Morgan fingerprint density at radius 1 is 1.33 bits per heavy atom. The second-order valence-electron chi connectivity index (χ2n) is 4.22. The summed E-state index contributed by atoms with van der Waals surface area (Å²) in [6.45, 7) is -1.07. The summed E-state index contributed by atoms with van der Waals surface area (Å²) >= 11 is 5.00. The molecule has 0 aliphatic carbocycles. The number of rotatable bonds is 5. The van der Waals surface area contributed by atoms with E-state index in [4.69, 9.17) is 18.0 Å². The largest absolute Gasteiger partial charge is 0.433 e. The Balaban J connectivity index is 2.39. The van der Waals surface area contributed by atoms with Crippen molar-refractivity contribution in [3.05, 3.63) is 47.7 Å². The molecule has 21 heavy (non-hydrogen) atoms. The number of anilines is 2. The SMILES string of the molecule is Cc1ccnc(Nc2ccccc2OC(F)F)c1C(N)=S. The summed E-state index contributed by atoms with van der Waals surface area (Å²) in [4.78, 5) is 4.33. The molecule has 0 saturated carbocycles. The smallest absolute Gasteiger partial charge is 0.387 e. The molecule has 0 unspecified atom stereocenters. The van der Waals surface area contributed by atoms with Crippen LogP contribution in [0.15, 0.2) is 36.5 Å². The number of para-hydroxylation sites is 2. The first kappa shape index (κ1) is 15.1. The minimum atomic E-state index is -2.91. The summed E-state index contributed by atoms with van der Waals surface area (Å²) in [5, 5.41) is 2.93. The van der Waals surface area contributed by atoms with Gasteiger partial charge in [-0.1, -0.05) is 24.4 Å². The van der Waals surface area contributed by atoms with E-state index in [9.17, 15) is 8.78 Å². The highest BCUT2D eigenvalue weighted by molar-refractivity contribution is 7.80. The minimum Gasteiger partial charge on any atom is -0.433 e. The maximum Gasteiger partial charge on any atom is 0.387 e. The molecule has 0 spiro atoms. The second kappa shape index (κ2) is 6.45. The maximum atomic E-state index is 12.4. The van der Waals surface area contributed by atoms with Crippen LogP contribution in [-0.4, -0.2) is 16.6 Å². The number of benzene rings is 1. The number of thiocarbonyl (C=S) groups is 1. The third kappa shape index (κ3) is 3.63. The van der Waals surface area contributed by atoms with Gasteiger partial charge in [0.25, 0.3) is 0 Å². The molecule has 1 aromatic carbocycles. The number of halogens is 2. The van der Waals surface area contributed by atoms with Crippen molar-refractivity contribution in [3.8, 4) is 5.75 Å². The third-order valence-electron chi connectivity index (χ3n) is 2.76. The standard InChI is InChI=1S/C14H13F2N3OS/c1-8-6-7-18-13(11(8)12(17)21)19-9-4-2-3-5-10(9)20-14(15)16/h2-7,14H,1H3,(H2,17,21)(H,18,19). The van der Waals surface area contributed by atoms with Crippen molar-refractivity contribution in [2.45, 2.75) is 13.5 Å². The summed E-state index contributed by atoms with van der Waals surface area (Å²) in [7, 11) is 0. The number of hydrogen-bond acceptors (Lipinski definition) is 4. The number of nitrogens with one attached hydrogen (secondary N) is 1. The van der Waals surface area contributed by atoms with Crippen LogP contribution in [0.5, 0.6) is 5.75 Å². The first-order valence-electron chi connectivity index (χ1n) is 6.05. The summed E-state index contributed by atoms with van der Waals surface area (Å²) in [5.41, 5.74) is 7.45. The lowest BCUT2D eigenvalue weighted by molar-refractivity contribution is -0.0493. The Bertz CT molecular complexity index is 664. The van der Waals surface area contributed by atoms with Gasteiger partial charge >= 0.3 is 6.61 Å². The first-order chi connectivity index (χ1) is 9.99. The molecule has 0 aliphatic heterocycles. The van der Waals surface area contributed by atoms with Crippen molar-refractivity contribution in [2.75, 3.05) is 5.32 Å². The van der Waals surface area contributed by atoms with Gasteiger partial charge in [0, 0.05) is 6.20 Å². The molecular weight excluding hydrogens is 296 g/mol. The monoisotopic (exact) mass is 309 g/mol. The first-order valence-corrected chi connectivity index (χ1v) is 6.46. The number of nitrogens with zero attached hydrogens (tertiary/aromatic N) is 1. The number of hydrogen-bond donors (Lipinski definition) is 2. The highest BCUT2D eigenvalue weighted by Crippen LogP contribution is 2.29. The van der Waals surface area contributed by atoms with E-state index in [1.807, 2.05) is 6.92 Å². The molecule has 0 radical (unpaired) electrons. The molecular formula is C14H13F2N3OS. The molecule has 0 aliphatic rings. The van der Waals surface area contributed by atoms with Crippen LogP contribution in [-0.2, 0) is 0 Å². The molecule has 0 fully saturated rings. The lowest BCUT2D eigenvalue weighted by Crippen LogP contribution is -2.15. The summed E-state index contributed by atoms with van der Waals surface area (Å²) < 4.78 is 29.3. The third-order valence-corrected chi connectivity index (χ3v) is 2.97. The van der Waals surface area contributed by atoms with Gasteiger partial charge in [0.2, 0.25) is 0 Å². The van der Waals surface area contributed by atoms with Gasteiger partial charge in [0.05, 0.1) is 11.3 Å². The van der Waals surface area contributed by atoms with Crippen LogP contribution in [0.25, 0.3) is 0 Å². The molecule has 2 aromatic rings. The van der Waals surface area contributed by atoms with Crippen LogP contribution < -0.4 is 15.8 Å². The Morgan fingerprint density at radius 2 is 2.05 bits per heavy atom. The van der Waals surface area contributed by atoms with Crippen molar-refractivity contribution in [1.82, 2.24) is 4.98 Å². The normalized spacial score (nSPS) is 10.5. The van der Waals surface area contributed by atoms with Gasteiger partial charge < -0.3 is 15.8 Å². The molecule has 0 atom stereocenters. The van der Waals surface area contributed by atoms with Crippen molar-refractivity contribution in [2.24, 2.45) is 5.73 Å². The van der Waals surface area contributed by atoms with Gasteiger partial charge in [-0.2, -0.15) is 8.78 Å². The zero-order chi connectivity index (χ0) is 15.4. The predicted molar refractivity (Wildman–Crippen MR) is 81.2 cm³/mol. The van der Waals surface area contributed by atoms with Gasteiger partial charge in [-0.3, -0.25) is 0 Å². The molecule has 7 heteroatoms. The van der Waals surface area contributed by atoms with Crippen molar-refractivity contribution in [1.29, 1.82) is 0 Å². The quantitative estimate of drug-likeness (QED) is 0.829. The number of aryl methyl sites for hydroxylation is 1. The van der Waals surface area contributed by atoms with Crippen LogP contribution in [0.3, 0.4) is 0 Å². The van der Waals surface area contributed by atoms with Crippen LogP contribution in [0, 0.1) is 6.92 Å². The van der Waals surface area contributed by atoms with E-state index in [-0.39, 0.29) is 10.7 Å². The fourth-order valence-corrected chi connectivity index (χ4v) is 2.12. The van der Waals surface area contributed by atoms with Gasteiger partial charge in [-0.05, 0) is 30.7 Å². The summed E-state index contributed by atoms with van der Waals surface area (Å²) in [6, 6.07) is 8.09. The fraction of sp³-hybridized carbons (Fsp3) is 0.143. The van der Waals surface area contributed by atoms with E-state index in [0.29, 0.717) is 17.1 Å². The van der Waals surface area contributed by atoms with Crippen LogP contribution in [0.4, 0.5) is 20.3 Å². The lowest BCUT2D eigenvalue weighted by Gasteiger charge is -2.15. The van der Waals surface area contributed by atoms with Crippen molar-refractivity contribution in [3.63, 3.8) is 0 Å². The molecule has 2 rings (SSSR count). The molecule has 0 saturated heterocycles. The van der Waals surface area contributed by atoms with E-state index in [1.54, 1.807) is 30.5 Å². The number of ether oxygens (including phenoxy) is 1. The average Bonchev–Trinajstić information content (AvgIpc) is 2.40. The van der Waals surface area contributed by atoms with E-state index in [2.05, 4.69) is 15.0 Å².